The fraction of sp³-hybridized carbons (Fsp3) is 0.476. The van der Waals surface area contributed by atoms with Gasteiger partial charge in [0.25, 0.3) is 0 Å². The summed E-state index contributed by atoms with van der Waals surface area (Å²) in [6.45, 7) is 8.03. The molecular formula is C21H25NO8. The van der Waals surface area contributed by atoms with Crippen LogP contribution in [0.5, 0.6) is 5.75 Å². The van der Waals surface area contributed by atoms with Gasteiger partial charge in [0, 0.05) is 31.2 Å². The Kier molecular flexibility index (Phi) is 5.87. The molecule has 1 aliphatic rings. The van der Waals surface area contributed by atoms with Gasteiger partial charge in [-0.25, -0.2) is 4.79 Å². The standard InChI is InChI=1S/C21H25NO8/c1-10-18(27-12(3)24)17(25)20(30-21(10,4)5)28-14-7-6-13-8-15(22-11(2)23)19(26)29-16(13)9-14/h6-10,17-18,20,25H,1-5H3,(H,22,23)/t10-,17+,18+,20?/m1/s1. The third kappa shape index (κ3) is 4.47. The molecule has 3 rings (SSSR count). The summed E-state index contributed by atoms with van der Waals surface area (Å²) in [7, 11) is 0. The molecule has 1 saturated heterocycles. The molecule has 0 bridgehead atoms. The predicted molar refractivity (Wildman–Crippen MR) is 107 cm³/mol. The van der Waals surface area contributed by atoms with Crippen LogP contribution in [-0.2, 0) is 19.1 Å². The summed E-state index contributed by atoms with van der Waals surface area (Å²) in [5.74, 6) is -0.888. The quantitative estimate of drug-likeness (QED) is 0.571. The third-order valence-corrected chi connectivity index (χ3v) is 5.20. The number of esters is 1. The van der Waals surface area contributed by atoms with Crippen LogP contribution < -0.4 is 15.7 Å². The van der Waals surface area contributed by atoms with Gasteiger partial charge in [-0.1, -0.05) is 6.92 Å². The van der Waals surface area contributed by atoms with Gasteiger partial charge >= 0.3 is 11.6 Å². The van der Waals surface area contributed by atoms with Crippen molar-refractivity contribution in [3.8, 4) is 5.75 Å². The molecule has 2 N–H and O–H groups in total. The number of aliphatic hydroxyl groups excluding tert-OH is 1. The van der Waals surface area contributed by atoms with E-state index in [0.29, 0.717) is 5.39 Å². The van der Waals surface area contributed by atoms with Gasteiger partial charge in [0.05, 0.1) is 5.60 Å². The molecule has 1 aromatic heterocycles. The summed E-state index contributed by atoms with van der Waals surface area (Å²) in [5.41, 5.74) is -1.16. The Balaban J connectivity index is 1.88. The summed E-state index contributed by atoms with van der Waals surface area (Å²) in [6, 6.07) is 6.24. The van der Waals surface area contributed by atoms with Crippen molar-refractivity contribution in [2.24, 2.45) is 5.92 Å². The molecule has 0 aliphatic carbocycles. The van der Waals surface area contributed by atoms with Gasteiger partial charge in [-0.15, -0.1) is 0 Å². The van der Waals surface area contributed by atoms with Crippen LogP contribution in [-0.4, -0.2) is 41.1 Å². The molecule has 0 saturated carbocycles. The minimum absolute atomic E-state index is 0.0367. The second kappa shape index (κ2) is 8.08. The lowest BCUT2D eigenvalue weighted by molar-refractivity contribution is -0.287. The van der Waals surface area contributed by atoms with Crippen molar-refractivity contribution < 1.29 is 33.3 Å². The average Bonchev–Trinajstić information content (AvgIpc) is 2.63. The van der Waals surface area contributed by atoms with Crippen LogP contribution in [0.2, 0.25) is 0 Å². The van der Waals surface area contributed by atoms with Crippen LogP contribution in [0.4, 0.5) is 5.69 Å². The number of anilines is 1. The van der Waals surface area contributed by atoms with Gasteiger partial charge in [-0.2, -0.15) is 0 Å². The Morgan fingerprint density at radius 1 is 1.20 bits per heavy atom. The van der Waals surface area contributed by atoms with Crippen molar-refractivity contribution in [1.82, 2.24) is 0 Å². The highest BCUT2D eigenvalue weighted by Gasteiger charge is 2.50. The van der Waals surface area contributed by atoms with E-state index in [1.807, 2.05) is 20.8 Å². The number of fused-ring (bicyclic) bond motifs is 1. The zero-order valence-electron chi connectivity index (χ0n) is 17.4. The lowest BCUT2D eigenvalue weighted by atomic mass is 9.82. The number of hydrogen-bond donors (Lipinski definition) is 2. The minimum Gasteiger partial charge on any atom is -0.462 e. The summed E-state index contributed by atoms with van der Waals surface area (Å²) in [6.07, 6.45) is -3.14. The fourth-order valence-electron chi connectivity index (χ4n) is 3.36. The van der Waals surface area contributed by atoms with Crippen molar-refractivity contribution in [3.05, 3.63) is 34.7 Å². The molecule has 1 unspecified atom stereocenters. The predicted octanol–water partition coefficient (Wildman–Crippen LogP) is 2.19. The number of hydrogen-bond acceptors (Lipinski definition) is 8. The maximum absolute atomic E-state index is 12.1. The molecule has 1 amide bonds. The molecule has 9 heteroatoms. The number of amides is 1. The first-order chi connectivity index (χ1) is 14.0. The van der Waals surface area contributed by atoms with E-state index in [-0.39, 0.29) is 28.8 Å². The summed E-state index contributed by atoms with van der Waals surface area (Å²) in [4.78, 5) is 34.7. The monoisotopic (exact) mass is 419 g/mol. The smallest absolute Gasteiger partial charge is 0.360 e. The molecule has 2 aromatic rings. The van der Waals surface area contributed by atoms with Gasteiger partial charge < -0.3 is 29.1 Å². The average molecular weight is 419 g/mol. The van der Waals surface area contributed by atoms with Crippen molar-refractivity contribution in [1.29, 1.82) is 0 Å². The van der Waals surface area contributed by atoms with Gasteiger partial charge in [0.1, 0.15) is 23.1 Å². The van der Waals surface area contributed by atoms with E-state index in [1.54, 1.807) is 12.1 Å². The maximum atomic E-state index is 12.1. The van der Waals surface area contributed by atoms with Gasteiger partial charge in [0.15, 0.2) is 6.10 Å². The van der Waals surface area contributed by atoms with Crippen LogP contribution in [0.1, 0.15) is 34.6 Å². The van der Waals surface area contributed by atoms with Crippen LogP contribution in [0.15, 0.2) is 33.5 Å². The second-order valence-corrected chi connectivity index (χ2v) is 7.89. The third-order valence-electron chi connectivity index (χ3n) is 5.20. The Labute approximate surface area is 172 Å². The summed E-state index contributed by atoms with van der Waals surface area (Å²) >= 11 is 0. The maximum Gasteiger partial charge on any atom is 0.360 e. The molecule has 4 atom stereocenters. The van der Waals surface area contributed by atoms with E-state index in [1.165, 1.54) is 26.0 Å². The van der Waals surface area contributed by atoms with Gasteiger partial charge in [-0.05, 0) is 32.0 Å². The van der Waals surface area contributed by atoms with Crippen LogP contribution in [0.25, 0.3) is 11.0 Å². The van der Waals surface area contributed by atoms with E-state index in [0.717, 1.165) is 0 Å². The second-order valence-electron chi connectivity index (χ2n) is 7.89. The number of benzene rings is 1. The van der Waals surface area contributed by atoms with Crippen LogP contribution in [0.3, 0.4) is 0 Å². The Morgan fingerprint density at radius 2 is 1.90 bits per heavy atom. The molecule has 1 aliphatic heterocycles. The highest BCUT2D eigenvalue weighted by Crippen LogP contribution is 2.37. The number of carbonyl (C=O) groups excluding carboxylic acids is 2. The lowest BCUT2D eigenvalue weighted by Crippen LogP contribution is -2.60. The van der Waals surface area contributed by atoms with Gasteiger partial charge in [-0.3, -0.25) is 9.59 Å². The van der Waals surface area contributed by atoms with E-state index in [9.17, 15) is 19.5 Å². The topological polar surface area (TPSA) is 124 Å². The zero-order valence-corrected chi connectivity index (χ0v) is 17.4. The van der Waals surface area contributed by atoms with E-state index >= 15 is 0 Å². The molecule has 1 aromatic carbocycles. The van der Waals surface area contributed by atoms with E-state index in [2.05, 4.69) is 5.32 Å². The Hall–Kier alpha value is -2.91. The molecule has 2 heterocycles. The molecule has 0 radical (unpaired) electrons. The largest absolute Gasteiger partial charge is 0.462 e. The van der Waals surface area contributed by atoms with Crippen molar-refractivity contribution in [2.45, 2.75) is 58.7 Å². The first kappa shape index (κ1) is 21.8. The molecule has 9 nitrogen and oxygen atoms in total. The number of ether oxygens (including phenoxy) is 3. The molecule has 1 fully saturated rings. The van der Waals surface area contributed by atoms with Crippen molar-refractivity contribution >= 4 is 28.5 Å². The molecule has 30 heavy (non-hydrogen) atoms. The summed E-state index contributed by atoms with van der Waals surface area (Å²) < 4.78 is 22.3. The molecule has 162 valence electrons. The highest BCUT2D eigenvalue weighted by molar-refractivity contribution is 5.91. The minimum atomic E-state index is -1.22. The lowest BCUT2D eigenvalue weighted by Gasteiger charge is -2.47. The number of aliphatic hydroxyl groups is 1. The Bertz CT molecular complexity index is 1030. The highest BCUT2D eigenvalue weighted by atomic mass is 16.7. The molecule has 0 spiro atoms. The zero-order chi connectivity index (χ0) is 22.2. The number of carbonyl (C=O) groups is 2. The number of nitrogens with one attached hydrogen (secondary N) is 1. The first-order valence-corrected chi connectivity index (χ1v) is 9.53. The number of rotatable bonds is 4. The fourth-order valence-corrected chi connectivity index (χ4v) is 3.36. The van der Waals surface area contributed by atoms with Crippen LogP contribution in [0, 0.1) is 5.92 Å². The SMILES string of the molecule is CC(=O)Nc1cc2ccc(OC3OC(C)(C)[C@H](C)[C@H](OC(C)=O)[C@@H]3O)cc2oc1=O. The van der Waals surface area contributed by atoms with Crippen LogP contribution >= 0.6 is 0 Å². The summed E-state index contributed by atoms with van der Waals surface area (Å²) in [5, 5.41) is 13.7. The normalized spacial score (nSPS) is 25.5. The van der Waals surface area contributed by atoms with E-state index in [4.69, 9.17) is 18.6 Å². The Morgan fingerprint density at radius 3 is 2.53 bits per heavy atom. The van der Waals surface area contributed by atoms with Crippen molar-refractivity contribution in [3.63, 3.8) is 0 Å². The molecular weight excluding hydrogens is 394 g/mol. The first-order valence-electron chi connectivity index (χ1n) is 9.53. The van der Waals surface area contributed by atoms with Crippen molar-refractivity contribution in [2.75, 3.05) is 5.32 Å². The van der Waals surface area contributed by atoms with E-state index < -0.39 is 35.7 Å². The van der Waals surface area contributed by atoms with Gasteiger partial charge in [0.2, 0.25) is 12.2 Å².